The smallest absolute Gasteiger partial charge is 0.0737 e. The van der Waals surface area contributed by atoms with Gasteiger partial charge in [0.25, 0.3) is 0 Å². The first-order valence-corrected chi connectivity index (χ1v) is 22.2. The van der Waals surface area contributed by atoms with Gasteiger partial charge in [-0.2, -0.15) is 0 Å². The number of halogens is 3. The minimum Gasteiger partial charge on any atom is -0.354 e. The minimum absolute atomic E-state index is 0.0654. The molecule has 2 aliphatic heterocycles. The topological polar surface area (TPSA) is 57.4 Å². The lowest BCUT2D eigenvalue weighted by molar-refractivity contribution is 0.569. The van der Waals surface area contributed by atoms with Crippen LogP contribution >= 0.6 is 47.8 Å². The molecule has 4 nitrogen and oxygen atoms in total. The van der Waals surface area contributed by atoms with Crippen molar-refractivity contribution in [2.45, 2.75) is 52.4 Å². The molecule has 2 N–H and O–H groups in total. The van der Waals surface area contributed by atoms with E-state index in [1.165, 1.54) is 11.1 Å². The standard InChI is InChI=1S/C52H43Br3N4/c1-51(2,3)34-27-33(28-35(29-34)52(4,5)6)50-45-25-23-43(58-45)48(31-9-15-37(54)16-10-31)41-21-19-39(56-41)47(30-7-13-36(53)14-8-30)40-20-22-42(57-40)49(44-24-26-46(50)59-44)32-11-17-38(55)18-12-32/h7-29,56,59H,1-6H3. The molecule has 0 atom stereocenters. The average molecular weight is 964 g/mol. The van der Waals surface area contributed by atoms with Gasteiger partial charge in [-0.25, -0.2) is 9.97 Å². The molecule has 5 heterocycles. The van der Waals surface area contributed by atoms with Gasteiger partial charge in [0.1, 0.15) is 0 Å². The van der Waals surface area contributed by atoms with Crippen molar-refractivity contribution < 1.29 is 0 Å². The van der Waals surface area contributed by atoms with E-state index in [1.54, 1.807) is 0 Å². The van der Waals surface area contributed by atoms with Crippen LogP contribution in [0.15, 0.2) is 129 Å². The van der Waals surface area contributed by atoms with Gasteiger partial charge in [-0.1, -0.05) is 144 Å². The van der Waals surface area contributed by atoms with Crippen LogP contribution in [0.4, 0.5) is 0 Å². The molecule has 0 spiro atoms. The second-order valence-electron chi connectivity index (χ2n) is 17.3. The Morgan fingerprint density at radius 3 is 0.898 bits per heavy atom. The number of rotatable bonds is 4. The van der Waals surface area contributed by atoms with Gasteiger partial charge in [0.15, 0.2) is 0 Å². The molecule has 9 rings (SSSR count). The molecule has 7 aromatic rings. The Kier molecular flexibility index (Phi) is 10.1. The van der Waals surface area contributed by atoms with Crippen LogP contribution in [0.2, 0.25) is 0 Å². The fourth-order valence-corrected chi connectivity index (χ4v) is 8.70. The number of hydrogen-bond acceptors (Lipinski definition) is 2. The zero-order chi connectivity index (χ0) is 41.2. The van der Waals surface area contributed by atoms with Crippen molar-refractivity contribution in [3.8, 4) is 44.5 Å². The van der Waals surface area contributed by atoms with Crippen LogP contribution in [0.5, 0.6) is 0 Å². The molecule has 0 aliphatic carbocycles. The Balaban J connectivity index is 1.48. The first-order chi connectivity index (χ1) is 28.2. The van der Waals surface area contributed by atoms with E-state index in [4.69, 9.17) is 9.97 Å². The van der Waals surface area contributed by atoms with Gasteiger partial charge >= 0.3 is 0 Å². The molecule has 0 unspecified atom stereocenters. The molecule has 3 aromatic heterocycles. The SMILES string of the molecule is CC(C)(C)c1cc(-c2c3nc(c(-c4ccc(Br)cc4)c4ccc([nH]4)c(-c4ccc(Br)cc4)c4nc(c(-c5ccc(Br)cc5)c5ccc2[nH]5)C=C4)C=C3)cc(C(C)(C)C)c1. The third-order valence-electron chi connectivity index (χ3n) is 11.1. The highest BCUT2D eigenvalue weighted by Crippen LogP contribution is 2.41. The van der Waals surface area contributed by atoms with Gasteiger partial charge in [-0.15, -0.1) is 0 Å². The molecular weight excluding hydrogens is 920 g/mol. The summed E-state index contributed by atoms with van der Waals surface area (Å²) in [7, 11) is 0. The highest BCUT2D eigenvalue weighted by molar-refractivity contribution is 9.11. The fraction of sp³-hybridized carbons (Fsp3) is 0.154. The Labute approximate surface area is 371 Å². The largest absolute Gasteiger partial charge is 0.354 e. The highest BCUT2D eigenvalue weighted by Gasteiger charge is 2.24. The predicted molar refractivity (Wildman–Crippen MR) is 261 cm³/mol. The van der Waals surface area contributed by atoms with Gasteiger partial charge in [-0.05, 0) is 129 Å². The quantitative estimate of drug-likeness (QED) is 0.185. The summed E-state index contributed by atoms with van der Waals surface area (Å²) >= 11 is 11.0. The van der Waals surface area contributed by atoms with E-state index in [0.29, 0.717) is 0 Å². The molecule has 8 bridgehead atoms. The molecule has 0 amide bonds. The summed E-state index contributed by atoms with van der Waals surface area (Å²) in [6.45, 7) is 13.7. The number of nitrogens with one attached hydrogen (secondary N) is 2. The molecule has 292 valence electrons. The normalized spacial score (nSPS) is 12.7. The average Bonchev–Trinajstić information content (AvgIpc) is 4.04. The third-order valence-corrected chi connectivity index (χ3v) is 12.7. The Bertz CT molecular complexity index is 2930. The van der Waals surface area contributed by atoms with E-state index in [9.17, 15) is 0 Å². The van der Waals surface area contributed by atoms with Gasteiger partial charge in [0.2, 0.25) is 0 Å². The zero-order valence-corrected chi connectivity index (χ0v) is 38.6. The Morgan fingerprint density at radius 1 is 0.356 bits per heavy atom. The summed E-state index contributed by atoms with van der Waals surface area (Å²) in [5.41, 5.74) is 18.3. The zero-order valence-electron chi connectivity index (χ0n) is 33.8. The maximum absolute atomic E-state index is 5.55. The lowest BCUT2D eigenvalue weighted by Crippen LogP contribution is -2.16. The molecule has 0 fully saturated rings. The van der Waals surface area contributed by atoms with Crippen LogP contribution < -0.4 is 0 Å². The first-order valence-electron chi connectivity index (χ1n) is 19.8. The summed E-state index contributed by atoms with van der Waals surface area (Å²) < 4.78 is 3.06. The molecule has 0 radical (unpaired) electrons. The van der Waals surface area contributed by atoms with E-state index >= 15 is 0 Å². The van der Waals surface area contributed by atoms with Crippen LogP contribution in [-0.2, 0) is 10.8 Å². The summed E-state index contributed by atoms with van der Waals surface area (Å²) in [4.78, 5) is 18.8. The minimum atomic E-state index is -0.0654. The van der Waals surface area contributed by atoms with Gasteiger partial charge in [0, 0.05) is 57.7 Å². The number of hydrogen-bond donors (Lipinski definition) is 2. The summed E-state index contributed by atoms with van der Waals surface area (Å²) in [6, 6.07) is 41.3. The fourth-order valence-electron chi connectivity index (χ4n) is 7.91. The lowest BCUT2D eigenvalue weighted by Gasteiger charge is -2.26. The Hall–Kier alpha value is -5.08. The first kappa shape index (κ1) is 39.4. The van der Waals surface area contributed by atoms with Gasteiger partial charge in [-0.3, -0.25) is 0 Å². The van der Waals surface area contributed by atoms with Crippen LogP contribution in [0.3, 0.4) is 0 Å². The van der Waals surface area contributed by atoms with Crippen LogP contribution in [0.25, 0.3) is 90.9 Å². The van der Waals surface area contributed by atoms with E-state index in [1.807, 2.05) is 0 Å². The molecular formula is C52H43Br3N4. The van der Waals surface area contributed by atoms with Crippen molar-refractivity contribution in [1.29, 1.82) is 0 Å². The monoisotopic (exact) mass is 960 g/mol. The number of benzene rings is 4. The number of aromatic nitrogens is 4. The molecule has 0 saturated carbocycles. The van der Waals surface area contributed by atoms with E-state index in [2.05, 4.69) is 239 Å². The molecule has 2 aliphatic rings. The number of fused-ring (bicyclic) bond motifs is 8. The summed E-state index contributed by atoms with van der Waals surface area (Å²) in [6.07, 6.45) is 8.62. The second-order valence-corrected chi connectivity index (χ2v) is 20.1. The number of nitrogens with zero attached hydrogens (tertiary/aromatic N) is 2. The molecule has 4 aromatic carbocycles. The van der Waals surface area contributed by atoms with Gasteiger partial charge in [0.05, 0.1) is 22.8 Å². The van der Waals surface area contributed by atoms with Crippen LogP contribution in [-0.4, -0.2) is 19.9 Å². The van der Waals surface area contributed by atoms with Crippen molar-refractivity contribution >= 4 is 94.2 Å². The van der Waals surface area contributed by atoms with Crippen molar-refractivity contribution in [3.05, 3.63) is 163 Å². The van der Waals surface area contributed by atoms with Gasteiger partial charge < -0.3 is 9.97 Å². The molecule has 0 saturated heterocycles. The van der Waals surface area contributed by atoms with Crippen LogP contribution in [0, 0.1) is 0 Å². The maximum Gasteiger partial charge on any atom is 0.0737 e. The third kappa shape index (κ3) is 7.77. The van der Waals surface area contributed by atoms with Crippen LogP contribution in [0.1, 0.15) is 75.4 Å². The van der Waals surface area contributed by atoms with Crippen molar-refractivity contribution in [3.63, 3.8) is 0 Å². The molecule has 59 heavy (non-hydrogen) atoms. The lowest BCUT2D eigenvalue weighted by atomic mass is 9.79. The maximum atomic E-state index is 5.55. The predicted octanol–water partition coefficient (Wildman–Crippen LogP) is 16.2. The number of aromatic amines is 2. The van der Waals surface area contributed by atoms with E-state index < -0.39 is 0 Å². The number of H-pyrrole nitrogens is 2. The Morgan fingerprint density at radius 2 is 0.627 bits per heavy atom. The van der Waals surface area contributed by atoms with Crippen molar-refractivity contribution in [2.75, 3.05) is 0 Å². The van der Waals surface area contributed by atoms with E-state index in [0.717, 1.165) is 103 Å². The summed E-state index contributed by atoms with van der Waals surface area (Å²) in [5.74, 6) is 0. The summed E-state index contributed by atoms with van der Waals surface area (Å²) in [5, 5.41) is 0. The van der Waals surface area contributed by atoms with Crippen molar-refractivity contribution in [2.24, 2.45) is 0 Å². The van der Waals surface area contributed by atoms with Crippen molar-refractivity contribution in [1.82, 2.24) is 19.9 Å². The van der Waals surface area contributed by atoms with E-state index in [-0.39, 0.29) is 10.8 Å². The second kappa shape index (κ2) is 15.2. The molecule has 7 heteroatoms. The highest BCUT2D eigenvalue weighted by atomic mass is 79.9.